The fourth-order valence-electron chi connectivity index (χ4n) is 2.60. The first-order valence-electron chi connectivity index (χ1n) is 7.60. The maximum Gasteiger partial charge on any atom is 0.229 e. The van der Waals surface area contributed by atoms with Gasteiger partial charge in [0.05, 0.1) is 12.5 Å². The summed E-state index contributed by atoms with van der Waals surface area (Å²) in [7, 11) is 0. The van der Waals surface area contributed by atoms with Crippen LogP contribution in [0, 0.1) is 12.8 Å². The second kappa shape index (κ2) is 6.71. The Balaban J connectivity index is 1.73. The number of pyridine rings is 1. The first-order valence-corrected chi connectivity index (χ1v) is 7.60. The SMILES string of the molecule is Cc1ccc(Cc2ccccn2)cc1NC(=O)[C@@H]1CCOC1. The molecule has 1 aromatic carbocycles. The van der Waals surface area contributed by atoms with Crippen LogP contribution in [0.3, 0.4) is 0 Å². The van der Waals surface area contributed by atoms with E-state index in [-0.39, 0.29) is 11.8 Å². The Morgan fingerprint density at radius 1 is 1.36 bits per heavy atom. The molecule has 1 amide bonds. The number of carbonyl (C=O) groups excluding carboxylic acids is 1. The zero-order valence-corrected chi connectivity index (χ0v) is 12.7. The van der Waals surface area contributed by atoms with Crippen LogP contribution >= 0.6 is 0 Å². The van der Waals surface area contributed by atoms with E-state index in [9.17, 15) is 4.79 Å². The van der Waals surface area contributed by atoms with Gasteiger partial charge in [-0.15, -0.1) is 0 Å². The number of benzene rings is 1. The van der Waals surface area contributed by atoms with Gasteiger partial charge in [-0.25, -0.2) is 0 Å². The third-order valence-electron chi connectivity index (χ3n) is 3.97. The van der Waals surface area contributed by atoms with Gasteiger partial charge in [-0.05, 0) is 42.7 Å². The lowest BCUT2D eigenvalue weighted by atomic mass is 10.0. The van der Waals surface area contributed by atoms with Crippen molar-refractivity contribution in [2.45, 2.75) is 19.8 Å². The molecule has 1 atom stereocenters. The van der Waals surface area contributed by atoms with Crippen LogP contribution in [-0.4, -0.2) is 24.1 Å². The van der Waals surface area contributed by atoms with Gasteiger partial charge < -0.3 is 10.1 Å². The molecule has 0 saturated carbocycles. The molecule has 0 radical (unpaired) electrons. The van der Waals surface area contributed by atoms with Gasteiger partial charge >= 0.3 is 0 Å². The van der Waals surface area contributed by atoms with E-state index in [1.54, 1.807) is 6.20 Å². The lowest BCUT2D eigenvalue weighted by molar-refractivity contribution is -0.119. The largest absolute Gasteiger partial charge is 0.381 e. The van der Waals surface area contributed by atoms with E-state index >= 15 is 0 Å². The molecule has 22 heavy (non-hydrogen) atoms. The Hall–Kier alpha value is -2.20. The molecule has 4 heteroatoms. The van der Waals surface area contributed by atoms with Crippen molar-refractivity contribution in [3.63, 3.8) is 0 Å². The van der Waals surface area contributed by atoms with Crippen molar-refractivity contribution in [1.29, 1.82) is 0 Å². The predicted molar refractivity (Wildman–Crippen MR) is 85.8 cm³/mol. The second-order valence-electron chi connectivity index (χ2n) is 5.70. The molecule has 2 heterocycles. The third kappa shape index (κ3) is 3.52. The minimum Gasteiger partial charge on any atom is -0.381 e. The number of nitrogens with one attached hydrogen (secondary N) is 1. The van der Waals surface area contributed by atoms with E-state index in [2.05, 4.69) is 16.4 Å². The minimum atomic E-state index is -0.0288. The maximum absolute atomic E-state index is 12.2. The Morgan fingerprint density at radius 3 is 3.00 bits per heavy atom. The molecule has 114 valence electrons. The van der Waals surface area contributed by atoms with E-state index < -0.39 is 0 Å². The topological polar surface area (TPSA) is 51.2 Å². The average molecular weight is 296 g/mol. The summed E-state index contributed by atoms with van der Waals surface area (Å²) in [5.41, 5.74) is 4.11. The van der Waals surface area contributed by atoms with Gasteiger partial charge in [0.15, 0.2) is 0 Å². The quantitative estimate of drug-likeness (QED) is 0.943. The molecular formula is C18H20N2O2. The Bertz CT molecular complexity index is 649. The third-order valence-corrected chi connectivity index (χ3v) is 3.97. The van der Waals surface area contributed by atoms with Crippen molar-refractivity contribution in [1.82, 2.24) is 4.98 Å². The average Bonchev–Trinajstić information content (AvgIpc) is 3.06. The zero-order valence-electron chi connectivity index (χ0n) is 12.7. The van der Waals surface area contributed by atoms with Crippen LogP contribution in [0.25, 0.3) is 0 Å². The summed E-state index contributed by atoms with van der Waals surface area (Å²) < 4.78 is 5.28. The molecule has 1 N–H and O–H groups in total. The first kappa shape index (κ1) is 14.7. The fraction of sp³-hybridized carbons (Fsp3) is 0.333. The summed E-state index contributed by atoms with van der Waals surface area (Å²) in [6, 6.07) is 12.1. The highest BCUT2D eigenvalue weighted by molar-refractivity contribution is 5.93. The molecule has 1 aliphatic heterocycles. The highest BCUT2D eigenvalue weighted by Crippen LogP contribution is 2.21. The molecule has 0 aliphatic carbocycles. The molecule has 1 fully saturated rings. The van der Waals surface area contributed by atoms with E-state index in [4.69, 9.17) is 4.74 Å². The number of aromatic nitrogens is 1. The minimum absolute atomic E-state index is 0.0288. The van der Waals surface area contributed by atoms with Gasteiger partial charge in [0, 0.05) is 30.6 Å². The fourth-order valence-corrected chi connectivity index (χ4v) is 2.60. The van der Waals surface area contributed by atoms with E-state index in [1.807, 2.05) is 37.3 Å². The van der Waals surface area contributed by atoms with Gasteiger partial charge in [0.2, 0.25) is 5.91 Å². The van der Waals surface area contributed by atoms with Crippen LogP contribution < -0.4 is 5.32 Å². The van der Waals surface area contributed by atoms with Gasteiger partial charge in [-0.1, -0.05) is 18.2 Å². The second-order valence-corrected chi connectivity index (χ2v) is 5.70. The van der Waals surface area contributed by atoms with Crippen LogP contribution in [0.4, 0.5) is 5.69 Å². The van der Waals surface area contributed by atoms with Crippen molar-refractivity contribution < 1.29 is 9.53 Å². The highest BCUT2D eigenvalue weighted by atomic mass is 16.5. The lowest BCUT2D eigenvalue weighted by Crippen LogP contribution is -2.23. The standard InChI is InChI=1S/C18H20N2O2/c1-13-5-6-14(10-16-4-2-3-8-19-16)11-17(13)20-18(21)15-7-9-22-12-15/h2-6,8,11,15H,7,9-10,12H2,1H3,(H,20,21)/t15-/m1/s1. The molecule has 3 rings (SSSR count). The van der Waals surface area contributed by atoms with Crippen LogP contribution in [0.1, 0.15) is 23.2 Å². The number of anilines is 1. The number of amides is 1. The van der Waals surface area contributed by atoms with Crippen LogP contribution in [0.15, 0.2) is 42.6 Å². The van der Waals surface area contributed by atoms with E-state index in [0.717, 1.165) is 35.3 Å². The lowest BCUT2D eigenvalue weighted by Gasteiger charge is -2.13. The van der Waals surface area contributed by atoms with Gasteiger partial charge in [-0.3, -0.25) is 9.78 Å². The molecule has 0 bridgehead atoms. The molecule has 0 spiro atoms. The van der Waals surface area contributed by atoms with Crippen LogP contribution in [0.5, 0.6) is 0 Å². The Labute approximate surface area is 130 Å². The number of nitrogens with zero attached hydrogens (tertiary/aromatic N) is 1. The van der Waals surface area contributed by atoms with Crippen LogP contribution in [-0.2, 0) is 16.0 Å². The summed E-state index contributed by atoms with van der Waals surface area (Å²) >= 11 is 0. The van der Waals surface area contributed by atoms with Gasteiger partial charge in [0.1, 0.15) is 0 Å². The predicted octanol–water partition coefficient (Wildman–Crippen LogP) is 2.96. The molecule has 0 unspecified atom stereocenters. The Kier molecular flexibility index (Phi) is 4.49. The molecule has 1 aliphatic rings. The number of aryl methyl sites for hydroxylation is 1. The summed E-state index contributed by atoms with van der Waals surface area (Å²) in [5, 5.41) is 3.04. The van der Waals surface area contributed by atoms with Crippen molar-refractivity contribution in [3.05, 3.63) is 59.4 Å². The number of carbonyl (C=O) groups is 1. The molecule has 2 aromatic rings. The maximum atomic E-state index is 12.2. The van der Waals surface area contributed by atoms with Crippen molar-refractivity contribution >= 4 is 11.6 Å². The monoisotopic (exact) mass is 296 g/mol. The first-order chi connectivity index (χ1) is 10.7. The summed E-state index contributed by atoms with van der Waals surface area (Å²) in [6.07, 6.45) is 3.36. The van der Waals surface area contributed by atoms with E-state index in [0.29, 0.717) is 13.2 Å². The Morgan fingerprint density at radius 2 is 2.27 bits per heavy atom. The smallest absolute Gasteiger partial charge is 0.229 e. The number of hydrogen-bond donors (Lipinski definition) is 1. The van der Waals surface area contributed by atoms with Crippen molar-refractivity contribution in [3.8, 4) is 0 Å². The van der Waals surface area contributed by atoms with Crippen molar-refractivity contribution in [2.24, 2.45) is 5.92 Å². The number of rotatable bonds is 4. The van der Waals surface area contributed by atoms with Gasteiger partial charge in [0.25, 0.3) is 0 Å². The van der Waals surface area contributed by atoms with Crippen molar-refractivity contribution in [2.75, 3.05) is 18.5 Å². The molecule has 1 aromatic heterocycles. The van der Waals surface area contributed by atoms with Gasteiger partial charge in [-0.2, -0.15) is 0 Å². The summed E-state index contributed by atoms with van der Waals surface area (Å²) in [4.78, 5) is 16.6. The summed E-state index contributed by atoms with van der Waals surface area (Å²) in [5.74, 6) is 0.0226. The van der Waals surface area contributed by atoms with E-state index in [1.165, 1.54) is 0 Å². The summed E-state index contributed by atoms with van der Waals surface area (Å²) in [6.45, 7) is 3.21. The normalized spacial score (nSPS) is 17.4. The zero-order chi connectivity index (χ0) is 15.4. The highest BCUT2D eigenvalue weighted by Gasteiger charge is 2.23. The van der Waals surface area contributed by atoms with Crippen LogP contribution in [0.2, 0.25) is 0 Å². The molecule has 1 saturated heterocycles. The number of hydrogen-bond acceptors (Lipinski definition) is 3. The molecular weight excluding hydrogens is 276 g/mol. The number of ether oxygens (including phenoxy) is 1. The molecule has 4 nitrogen and oxygen atoms in total.